The van der Waals surface area contributed by atoms with Crippen molar-refractivity contribution in [2.75, 3.05) is 13.1 Å². The molecule has 0 radical (unpaired) electrons. The first kappa shape index (κ1) is 15.3. The van der Waals surface area contributed by atoms with Gasteiger partial charge in [0, 0.05) is 19.2 Å². The summed E-state index contributed by atoms with van der Waals surface area (Å²) in [7, 11) is 0. The molecule has 1 aromatic rings. The van der Waals surface area contributed by atoms with Crippen molar-refractivity contribution < 1.29 is 14.7 Å². The predicted molar refractivity (Wildman–Crippen MR) is 81.6 cm³/mol. The highest BCUT2D eigenvalue weighted by Crippen LogP contribution is 2.35. The number of amides is 1. The monoisotopic (exact) mass is 287 g/mol. The zero-order valence-corrected chi connectivity index (χ0v) is 12.3. The van der Waals surface area contributed by atoms with Gasteiger partial charge in [-0.15, -0.1) is 0 Å². The summed E-state index contributed by atoms with van der Waals surface area (Å²) in [6.07, 6.45) is 5.27. The number of carbonyl (C=O) groups is 2. The van der Waals surface area contributed by atoms with E-state index in [2.05, 4.69) is 0 Å². The molecule has 1 amide bonds. The number of nitrogens with zero attached hydrogens (tertiary/aromatic N) is 1. The smallest absolute Gasteiger partial charge is 0.311 e. The molecule has 21 heavy (non-hydrogen) atoms. The van der Waals surface area contributed by atoms with E-state index in [9.17, 15) is 14.7 Å². The Morgan fingerprint density at radius 1 is 1.33 bits per heavy atom. The summed E-state index contributed by atoms with van der Waals surface area (Å²) in [5.41, 5.74) is 0.202. The molecule has 112 valence electrons. The minimum atomic E-state index is -0.785. The first-order chi connectivity index (χ1) is 10.1. The van der Waals surface area contributed by atoms with Crippen LogP contribution >= 0.6 is 0 Å². The van der Waals surface area contributed by atoms with Crippen LogP contribution in [0.1, 0.15) is 31.7 Å². The van der Waals surface area contributed by atoms with E-state index >= 15 is 0 Å². The lowest BCUT2D eigenvalue weighted by Gasteiger charge is -2.23. The number of hydrogen-bond donors (Lipinski definition) is 1. The van der Waals surface area contributed by atoms with Gasteiger partial charge in [0.15, 0.2) is 0 Å². The second-order valence-corrected chi connectivity index (χ2v) is 5.59. The Kier molecular flexibility index (Phi) is 4.78. The number of likely N-dealkylation sites (tertiary alicyclic amines) is 1. The summed E-state index contributed by atoms with van der Waals surface area (Å²) in [5, 5.41) is 9.45. The van der Waals surface area contributed by atoms with Gasteiger partial charge in [0.1, 0.15) is 0 Å². The third kappa shape index (κ3) is 3.51. The van der Waals surface area contributed by atoms with Crippen molar-refractivity contribution >= 4 is 18.0 Å². The van der Waals surface area contributed by atoms with E-state index in [0.717, 1.165) is 12.0 Å². The van der Waals surface area contributed by atoms with Gasteiger partial charge in [-0.3, -0.25) is 9.59 Å². The summed E-state index contributed by atoms with van der Waals surface area (Å²) in [4.78, 5) is 25.3. The van der Waals surface area contributed by atoms with Crippen LogP contribution in [-0.4, -0.2) is 35.0 Å². The van der Waals surface area contributed by atoms with E-state index in [-0.39, 0.29) is 5.91 Å². The standard InChI is InChI=1S/C17H21NO3/c1-2-10-17(16(20)21)11-12-18(13-17)15(19)9-8-14-6-4-3-5-7-14/h3-9H,2,10-13H2,1H3,(H,20,21). The van der Waals surface area contributed by atoms with Crippen LogP contribution in [0.4, 0.5) is 0 Å². The van der Waals surface area contributed by atoms with Crippen molar-refractivity contribution in [3.63, 3.8) is 0 Å². The second-order valence-electron chi connectivity index (χ2n) is 5.59. The fraction of sp³-hybridized carbons (Fsp3) is 0.412. The normalized spacial score (nSPS) is 21.9. The summed E-state index contributed by atoms with van der Waals surface area (Å²) in [6, 6.07) is 9.60. The van der Waals surface area contributed by atoms with Crippen molar-refractivity contribution in [2.24, 2.45) is 5.41 Å². The van der Waals surface area contributed by atoms with E-state index in [1.54, 1.807) is 11.0 Å². The molecule has 0 aliphatic carbocycles. The van der Waals surface area contributed by atoms with Gasteiger partial charge in [-0.25, -0.2) is 0 Å². The number of benzene rings is 1. The Balaban J connectivity index is 2.02. The fourth-order valence-corrected chi connectivity index (χ4v) is 2.86. The lowest BCUT2D eigenvalue weighted by molar-refractivity contribution is -0.148. The summed E-state index contributed by atoms with van der Waals surface area (Å²) in [5.74, 6) is -0.898. The molecule has 1 heterocycles. The van der Waals surface area contributed by atoms with Gasteiger partial charge in [-0.2, -0.15) is 0 Å². The Morgan fingerprint density at radius 3 is 2.67 bits per heavy atom. The molecule has 4 nitrogen and oxygen atoms in total. The molecule has 1 N–H and O–H groups in total. The van der Waals surface area contributed by atoms with Crippen LogP contribution in [0.15, 0.2) is 36.4 Å². The number of carbonyl (C=O) groups excluding carboxylic acids is 1. The average Bonchev–Trinajstić information content (AvgIpc) is 2.92. The highest BCUT2D eigenvalue weighted by Gasteiger charge is 2.44. The predicted octanol–water partition coefficient (Wildman–Crippen LogP) is 2.80. The molecule has 0 bridgehead atoms. The van der Waals surface area contributed by atoms with E-state index in [1.807, 2.05) is 37.3 Å². The third-order valence-corrected chi connectivity index (χ3v) is 4.07. The molecule has 1 atom stereocenters. The van der Waals surface area contributed by atoms with Gasteiger partial charge in [0.25, 0.3) is 0 Å². The topological polar surface area (TPSA) is 57.6 Å². The fourth-order valence-electron chi connectivity index (χ4n) is 2.86. The first-order valence-corrected chi connectivity index (χ1v) is 7.33. The van der Waals surface area contributed by atoms with Gasteiger partial charge < -0.3 is 10.0 Å². The maximum absolute atomic E-state index is 12.2. The van der Waals surface area contributed by atoms with E-state index in [0.29, 0.717) is 25.9 Å². The molecule has 1 aliphatic rings. The summed E-state index contributed by atoms with van der Waals surface area (Å²) >= 11 is 0. The number of carboxylic acid groups (broad SMARTS) is 1. The van der Waals surface area contributed by atoms with E-state index in [1.165, 1.54) is 6.08 Å². The van der Waals surface area contributed by atoms with Crippen LogP contribution in [0, 0.1) is 5.41 Å². The maximum atomic E-state index is 12.2. The molecule has 2 rings (SSSR count). The molecule has 1 saturated heterocycles. The molecule has 0 aromatic heterocycles. The van der Waals surface area contributed by atoms with Gasteiger partial charge in [-0.1, -0.05) is 43.7 Å². The second kappa shape index (κ2) is 6.57. The highest BCUT2D eigenvalue weighted by atomic mass is 16.4. The minimum Gasteiger partial charge on any atom is -0.481 e. The zero-order valence-electron chi connectivity index (χ0n) is 12.3. The largest absolute Gasteiger partial charge is 0.481 e. The Morgan fingerprint density at radius 2 is 2.05 bits per heavy atom. The first-order valence-electron chi connectivity index (χ1n) is 7.33. The van der Waals surface area contributed by atoms with Crippen LogP contribution in [0.25, 0.3) is 6.08 Å². The highest BCUT2D eigenvalue weighted by molar-refractivity contribution is 5.92. The lowest BCUT2D eigenvalue weighted by atomic mass is 9.83. The van der Waals surface area contributed by atoms with Crippen LogP contribution in [-0.2, 0) is 9.59 Å². The van der Waals surface area contributed by atoms with Crippen LogP contribution in [0.3, 0.4) is 0 Å². The van der Waals surface area contributed by atoms with Crippen molar-refractivity contribution in [3.8, 4) is 0 Å². The average molecular weight is 287 g/mol. The van der Waals surface area contributed by atoms with Crippen molar-refractivity contribution in [2.45, 2.75) is 26.2 Å². The SMILES string of the molecule is CCCC1(C(=O)O)CCN(C(=O)C=Cc2ccccc2)C1. The van der Waals surface area contributed by atoms with Gasteiger partial charge >= 0.3 is 5.97 Å². The summed E-state index contributed by atoms with van der Waals surface area (Å²) in [6.45, 7) is 2.81. The Labute approximate surface area is 125 Å². The van der Waals surface area contributed by atoms with Gasteiger partial charge in [-0.05, 0) is 24.5 Å². The molecule has 1 fully saturated rings. The maximum Gasteiger partial charge on any atom is 0.311 e. The molecule has 0 saturated carbocycles. The zero-order chi connectivity index (χ0) is 15.3. The van der Waals surface area contributed by atoms with Crippen molar-refractivity contribution in [3.05, 3.63) is 42.0 Å². The van der Waals surface area contributed by atoms with Crippen molar-refractivity contribution in [1.82, 2.24) is 4.90 Å². The van der Waals surface area contributed by atoms with Crippen LogP contribution < -0.4 is 0 Å². The lowest BCUT2D eigenvalue weighted by Crippen LogP contribution is -2.36. The molecule has 4 heteroatoms. The molecular formula is C17H21NO3. The van der Waals surface area contributed by atoms with E-state index in [4.69, 9.17) is 0 Å². The Bertz CT molecular complexity index is 538. The number of aliphatic carboxylic acids is 1. The number of carboxylic acids is 1. The third-order valence-electron chi connectivity index (χ3n) is 4.07. The molecule has 1 aromatic carbocycles. The number of hydrogen-bond acceptors (Lipinski definition) is 2. The minimum absolute atomic E-state index is 0.113. The van der Waals surface area contributed by atoms with E-state index < -0.39 is 11.4 Å². The molecular weight excluding hydrogens is 266 g/mol. The van der Waals surface area contributed by atoms with Gasteiger partial charge in [0.05, 0.1) is 5.41 Å². The molecule has 1 unspecified atom stereocenters. The molecule has 0 spiro atoms. The Hall–Kier alpha value is -2.10. The van der Waals surface area contributed by atoms with Crippen LogP contribution in [0.5, 0.6) is 0 Å². The number of rotatable bonds is 5. The summed E-state index contributed by atoms with van der Waals surface area (Å²) < 4.78 is 0. The van der Waals surface area contributed by atoms with Gasteiger partial charge in [0.2, 0.25) is 5.91 Å². The quantitative estimate of drug-likeness (QED) is 0.847. The van der Waals surface area contributed by atoms with Crippen molar-refractivity contribution in [1.29, 1.82) is 0 Å². The molecule has 1 aliphatic heterocycles. The van der Waals surface area contributed by atoms with Crippen LogP contribution in [0.2, 0.25) is 0 Å².